The van der Waals surface area contributed by atoms with Crippen LogP contribution in [0.2, 0.25) is 0 Å². The first-order valence-corrected chi connectivity index (χ1v) is 9.06. The molecule has 20 heavy (non-hydrogen) atoms. The van der Waals surface area contributed by atoms with Crippen LogP contribution in [-0.4, -0.2) is 6.54 Å². The van der Waals surface area contributed by atoms with E-state index in [4.69, 9.17) is 0 Å². The Morgan fingerprint density at radius 3 is 2.70 bits per heavy atom. The maximum atomic E-state index is 3.64. The van der Waals surface area contributed by atoms with Crippen LogP contribution in [0.3, 0.4) is 0 Å². The lowest BCUT2D eigenvalue weighted by atomic mass is 9.81. The summed E-state index contributed by atoms with van der Waals surface area (Å²) in [5, 5.41) is 3.64. The van der Waals surface area contributed by atoms with Gasteiger partial charge in [0.25, 0.3) is 0 Å². The van der Waals surface area contributed by atoms with Crippen LogP contribution in [0.5, 0.6) is 0 Å². The van der Waals surface area contributed by atoms with Gasteiger partial charge in [-0.1, -0.05) is 47.0 Å². The van der Waals surface area contributed by atoms with Gasteiger partial charge in [0, 0.05) is 16.3 Å². The molecule has 1 saturated carbocycles. The molecule has 0 amide bonds. The zero-order valence-electron chi connectivity index (χ0n) is 13.7. The maximum absolute atomic E-state index is 3.64. The Labute approximate surface area is 129 Å². The van der Waals surface area contributed by atoms with E-state index in [-0.39, 0.29) is 0 Å². The van der Waals surface area contributed by atoms with Crippen LogP contribution in [-0.2, 0) is 12.0 Å². The fourth-order valence-corrected chi connectivity index (χ4v) is 4.25. The van der Waals surface area contributed by atoms with Gasteiger partial charge >= 0.3 is 0 Å². The van der Waals surface area contributed by atoms with E-state index >= 15 is 0 Å². The summed E-state index contributed by atoms with van der Waals surface area (Å²) >= 11 is 1.96. The van der Waals surface area contributed by atoms with Crippen molar-refractivity contribution in [2.24, 2.45) is 11.8 Å². The fraction of sp³-hybridized carbons (Fsp3) is 0.778. The van der Waals surface area contributed by atoms with Gasteiger partial charge in [-0.3, -0.25) is 0 Å². The SMILES string of the molecule is CC1CCCC(CCNCc2ccc(C(C)(C)C)s2)C1. The number of nitrogens with one attached hydrogen (secondary N) is 1. The average Bonchev–Trinajstić information content (AvgIpc) is 2.83. The summed E-state index contributed by atoms with van der Waals surface area (Å²) in [6.07, 6.45) is 7.18. The second-order valence-electron chi connectivity index (χ2n) is 7.62. The van der Waals surface area contributed by atoms with Gasteiger partial charge in [-0.25, -0.2) is 0 Å². The number of hydrogen-bond acceptors (Lipinski definition) is 2. The van der Waals surface area contributed by atoms with Crippen LogP contribution in [0.1, 0.15) is 69.6 Å². The lowest BCUT2D eigenvalue weighted by Crippen LogP contribution is -2.20. The molecule has 1 nitrogen and oxygen atoms in total. The van der Waals surface area contributed by atoms with E-state index in [0.717, 1.165) is 18.4 Å². The van der Waals surface area contributed by atoms with E-state index < -0.39 is 0 Å². The van der Waals surface area contributed by atoms with Gasteiger partial charge in [-0.2, -0.15) is 0 Å². The summed E-state index contributed by atoms with van der Waals surface area (Å²) in [7, 11) is 0. The zero-order chi connectivity index (χ0) is 14.6. The average molecular weight is 294 g/mol. The van der Waals surface area contributed by atoms with Crippen molar-refractivity contribution in [2.45, 2.75) is 71.8 Å². The molecular weight excluding hydrogens is 262 g/mol. The number of thiophene rings is 1. The summed E-state index contributed by atoms with van der Waals surface area (Å²) in [6.45, 7) is 11.5. The van der Waals surface area contributed by atoms with Gasteiger partial charge < -0.3 is 5.32 Å². The van der Waals surface area contributed by atoms with Crippen molar-refractivity contribution < 1.29 is 0 Å². The highest BCUT2D eigenvalue weighted by atomic mass is 32.1. The molecule has 1 N–H and O–H groups in total. The van der Waals surface area contributed by atoms with Gasteiger partial charge in [0.05, 0.1) is 0 Å². The lowest BCUT2D eigenvalue weighted by Gasteiger charge is -2.26. The molecule has 0 radical (unpaired) electrons. The zero-order valence-corrected chi connectivity index (χ0v) is 14.5. The molecule has 0 saturated heterocycles. The molecule has 1 fully saturated rings. The van der Waals surface area contributed by atoms with Crippen LogP contribution < -0.4 is 5.32 Å². The molecule has 2 atom stereocenters. The van der Waals surface area contributed by atoms with Gasteiger partial charge in [-0.05, 0) is 48.8 Å². The van der Waals surface area contributed by atoms with Crippen LogP contribution in [0.15, 0.2) is 12.1 Å². The Bertz CT molecular complexity index is 402. The minimum atomic E-state index is 0.293. The molecule has 1 aliphatic rings. The third-order valence-electron chi connectivity index (χ3n) is 4.47. The van der Waals surface area contributed by atoms with Gasteiger partial charge in [0.1, 0.15) is 0 Å². The van der Waals surface area contributed by atoms with E-state index in [1.807, 2.05) is 11.3 Å². The second kappa shape index (κ2) is 7.09. The second-order valence-corrected chi connectivity index (χ2v) is 8.79. The molecule has 114 valence electrons. The van der Waals surface area contributed by atoms with Crippen molar-refractivity contribution in [1.29, 1.82) is 0 Å². The molecule has 0 aromatic carbocycles. The van der Waals surface area contributed by atoms with Gasteiger partial charge in [-0.15, -0.1) is 11.3 Å². The first-order chi connectivity index (χ1) is 9.45. The molecule has 0 bridgehead atoms. The lowest BCUT2D eigenvalue weighted by molar-refractivity contribution is 0.267. The smallest absolute Gasteiger partial charge is 0.0299 e. The third kappa shape index (κ3) is 4.89. The molecule has 0 spiro atoms. The molecular formula is C18H31NS. The highest BCUT2D eigenvalue weighted by Crippen LogP contribution is 2.31. The normalized spacial score (nSPS) is 24.0. The maximum Gasteiger partial charge on any atom is 0.0299 e. The van der Waals surface area contributed by atoms with E-state index in [1.165, 1.54) is 48.4 Å². The third-order valence-corrected chi connectivity index (χ3v) is 5.99. The first kappa shape index (κ1) is 16.0. The van der Waals surface area contributed by atoms with Crippen molar-refractivity contribution in [1.82, 2.24) is 5.32 Å². The molecule has 0 aliphatic heterocycles. The van der Waals surface area contributed by atoms with Crippen molar-refractivity contribution in [3.05, 3.63) is 21.9 Å². The molecule has 2 rings (SSSR count). The van der Waals surface area contributed by atoms with Gasteiger partial charge in [0.2, 0.25) is 0 Å². The largest absolute Gasteiger partial charge is 0.312 e. The van der Waals surface area contributed by atoms with Crippen LogP contribution in [0.25, 0.3) is 0 Å². The summed E-state index contributed by atoms with van der Waals surface area (Å²) in [5.41, 5.74) is 0.293. The van der Waals surface area contributed by atoms with E-state index in [0.29, 0.717) is 5.41 Å². The van der Waals surface area contributed by atoms with Crippen LogP contribution in [0.4, 0.5) is 0 Å². The van der Waals surface area contributed by atoms with Crippen molar-refractivity contribution in [3.8, 4) is 0 Å². The van der Waals surface area contributed by atoms with Crippen molar-refractivity contribution in [2.75, 3.05) is 6.54 Å². The Morgan fingerprint density at radius 2 is 2.05 bits per heavy atom. The molecule has 1 aliphatic carbocycles. The quantitative estimate of drug-likeness (QED) is 0.721. The highest BCUT2D eigenvalue weighted by molar-refractivity contribution is 7.12. The monoisotopic (exact) mass is 293 g/mol. The van der Waals surface area contributed by atoms with Crippen molar-refractivity contribution >= 4 is 11.3 Å². The Hall–Kier alpha value is -0.340. The predicted molar refractivity (Wildman–Crippen MR) is 90.5 cm³/mol. The van der Waals surface area contributed by atoms with E-state index in [1.54, 1.807) is 0 Å². The first-order valence-electron chi connectivity index (χ1n) is 8.25. The Kier molecular flexibility index (Phi) is 5.68. The van der Waals surface area contributed by atoms with Crippen LogP contribution >= 0.6 is 11.3 Å². The van der Waals surface area contributed by atoms with E-state index in [2.05, 4.69) is 45.1 Å². The number of rotatable bonds is 5. The number of hydrogen-bond donors (Lipinski definition) is 1. The molecule has 1 heterocycles. The topological polar surface area (TPSA) is 12.0 Å². The Morgan fingerprint density at radius 1 is 1.25 bits per heavy atom. The van der Waals surface area contributed by atoms with Crippen LogP contribution in [0, 0.1) is 11.8 Å². The van der Waals surface area contributed by atoms with Crippen molar-refractivity contribution in [3.63, 3.8) is 0 Å². The summed E-state index contributed by atoms with van der Waals surface area (Å²) in [6, 6.07) is 4.59. The standard InChI is InChI=1S/C18H31NS/c1-14-6-5-7-15(12-14)10-11-19-13-16-8-9-17(20-16)18(2,3)4/h8-9,14-15,19H,5-7,10-13H2,1-4H3. The predicted octanol–water partition coefficient (Wildman–Crippen LogP) is 5.35. The molecule has 1 aromatic heterocycles. The molecule has 1 aromatic rings. The van der Waals surface area contributed by atoms with Gasteiger partial charge in [0.15, 0.2) is 0 Å². The summed E-state index contributed by atoms with van der Waals surface area (Å²) in [4.78, 5) is 2.97. The highest BCUT2D eigenvalue weighted by Gasteiger charge is 2.18. The molecule has 2 unspecified atom stereocenters. The Balaban J connectivity index is 1.67. The van der Waals surface area contributed by atoms with E-state index in [9.17, 15) is 0 Å². The molecule has 2 heteroatoms. The fourth-order valence-electron chi connectivity index (χ4n) is 3.22. The summed E-state index contributed by atoms with van der Waals surface area (Å²) < 4.78 is 0. The minimum absolute atomic E-state index is 0.293. The minimum Gasteiger partial charge on any atom is -0.312 e. The summed E-state index contributed by atoms with van der Waals surface area (Å²) in [5.74, 6) is 1.93.